The maximum absolute atomic E-state index is 13.3. The highest BCUT2D eigenvalue weighted by Gasteiger charge is 2.21. The number of nitrogens with zero attached hydrogens (tertiary/aromatic N) is 12. The Balaban J connectivity index is 0.000000154. The summed E-state index contributed by atoms with van der Waals surface area (Å²) in [4.78, 5) is 111. The van der Waals surface area contributed by atoms with Crippen LogP contribution in [0.2, 0.25) is 35.5 Å². The first-order chi connectivity index (χ1) is 57.3. The third-order valence-electron chi connectivity index (χ3n) is 18.8. The molecule has 0 bridgehead atoms. The molecule has 0 aliphatic rings. The van der Waals surface area contributed by atoms with Crippen LogP contribution < -0.4 is 44.2 Å². The number of aromatic amines is 2. The van der Waals surface area contributed by atoms with Gasteiger partial charge < -0.3 is 35.4 Å². The molecule has 119 heavy (non-hydrogen) atoms. The number of benzene rings is 6. The quantitative estimate of drug-likeness (QED) is 0.0213. The van der Waals surface area contributed by atoms with E-state index in [4.69, 9.17) is 106 Å². The van der Waals surface area contributed by atoms with Crippen LogP contribution in [0, 0.1) is 6.92 Å². The highest BCUT2D eigenvalue weighted by molar-refractivity contribution is 6.32. The number of ether oxygens (including phenoxy) is 2. The van der Waals surface area contributed by atoms with Gasteiger partial charge in [-0.2, -0.15) is 0 Å². The van der Waals surface area contributed by atoms with Crippen molar-refractivity contribution >= 4 is 134 Å². The average molecular weight is 1750 g/mol. The van der Waals surface area contributed by atoms with Crippen molar-refractivity contribution in [1.82, 2.24) is 66.2 Å². The second-order valence-electron chi connectivity index (χ2n) is 27.3. The lowest BCUT2D eigenvalue weighted by Gasteiger charge is -2.19. The molecule has 9 heterocycles. The average Bonchev–Trinajstić information content (AvgIpc) is 1.66. The maximum Gasteiger partial charge on any atom is 0.337 e. The number of hydrogen-bond donors (Lipinski definition) is 5. The predicted molar refractivity (Wildman–Crippen MR) is 474 cm³/mol. The van der Waals surface area contributed by atoms with Crippen LogP contribution in [0.15, 0.2) is 219 Å². The maximum atomic E-state index is 13.3. The Morgan fingerprint density at radius 2 is 0.815 bits per heavy atom. The van der Waals surface area contributed by atoms with Gasteiger partial charge in [-0.15, -0.1) is 0 Å². The van der Waals surface area contributed by atoms with E-state index in [2.05, 4.69) is 65.5 Å². The topological polar surface area (TPSA) is 316 Å². The molecule has 0 unspecified atom stereocenters. The van der Waals surface area contributed by atoms with Gasteiger partial charge in [-0.05, 0) is 110 Å². The van der Waals surface area contributed by atoms with Gasteiger partial charge in [0.15, 0.2) is 0 Å². The van der Waals surface area contributed by atoms with Crippen LogP contribution in [0.4, 0.5) is 17.6 Å². The van der Waals surface area contributed by atoms with Gasteiger partial charge in [-0.3, -0.25) is 55.7 Å². The number of nitrogen functional groups attached to an aromatic ring is 1. The smallest absolute Gasteiger partial charge is 0.337 e. The number of imidazole rings is 4. The number of methoxy groups -OCH3 is 2. The SMILES string of the molecule is CCCCCn1c(Cl)cc(=O)n2cc(-c3ccc(Cl)cc3)nc12.CCCCCn1c(NCc2ccc(C(=O)OC)cc2)c(C)c(=O)n2cc(-c3ccc(Cl)cc3)nc12.CCCCCn1c(NCc2ccc(C(=O)OC)cc2)cc(=O)n2cc(-c3ccc(Cl)cc3)nc12.Nc1nc(Cl)cc(=O)[nH]1.O=c1cc(Cl)[nH]c2nc(-c3ccc(Cl)cc3)cn12. The fourth-order valence-corrected chi connectivity index (χ4v) is 13.7. The summed E-state index contributed by atoms with van der Waals surface area (Å²) in [5, 5.41) is 10.3. The minimum atomic E-state index is -0.370. The number of carbonyl (C=O) groups excluding carboxylic acids is 2. The number of fused-ring (bicyclic) bond motifs is 4. The number of halogens is 7. The Hall–Kier alpha value is -11.8. The predicted octanol–water partition coefficient (Wildman–Crippen LogP) is 18.8. The molecule has 33 heteroatoms. The Morgan fingerprint density at radius 3 is 1.25 bits per heavy atom. The molecule has 0 saturated carbocycles. The number of carbonyl (C=O) groups is 2. The standard InChI is InChI=1S/C27H29ClN4O3.C26H27ClN4O3.C17H17Cl2N3O.C12H7Cl2N3O.C4H4ClN3O/c1-4-5-6-15-31-24(29-16-19-7-9-21(10-8-19)26(34)35-3)18(2)25(33)32-17-23(30-27(31)32)20-11-13-22(28)14-12-20;1-3-4-5-14-30-23(28-16-18-6-8-20(9-7-18)25(33)34-2)15-24(32)31-17-22(29-26(30)31)19-10-12-21(27)13-11-19;1-2-3-4-9-21-15(19)10-16(23)22-11-14(20-17(21)22)12-5-7-13(18)8-6-12;13-8-3-1-7(2-4-8)9-6-17-11(18)5-10(14)16-12(17)15-9;5-2-1-3(9)8-4(6)7-2/h7-14,17,29H,4-6,15-16H2,1-3H3;6-13,15,17,28H,3-5,14,16H2,1-2H3;5-8,10-11H,2-4,9H2,1H3;1-6H,(H,15,16);1H,(H3,6,7,8,9). The first-order valence-electron chi connectivity index (χ1n) is 38.0. The van der Waals surface area contributed by atoms with Crippen LogP contribution in [0.3, 0.4) is 0 Å². The zero-order valence-corrected chi connectivity index (χ0v) is 70.9. The van der Waals surface area contributed by atoms with Crippen LogP contribution in [0.25, 0.3) is 68.1 Å². The molecule has 0 aliphatic carbocycles. The van der Waals surface area contributed by atoms with E-state index in [9.17, 15) is 33.6 Å². The van der Waals surface area contributed by atoms with Crippen molar-refractivity contribution in [1.29, 1.82) is 0 Å². The van der Waals surface area contributed by atoms with E-state index in [-0.39, 0.29) is 56.0 Å². The number of nitrogens with one attached hydrogen (secondary N) is 4. The zero-order valence-electron chi connectivity index (χ0n) is 65.6. The number of nitrogens with two attached hydrogens (primary N) is 1. The molecule has 0 fully saturated rings. The number of hydrogen-bond acceptors (Lipinski definition) is 17. The molecule has 0 radical (unpaired) electrons. The molecule has 15 aromatic rings. The van der Waals surface area contributed by atoms with Gasteiger partial charge >= 0.3 is 11.9 Å². The van der Waals surface area contributed by atoms with Gasteiger partial charge in [0.05, 0.1) is 53.7 Å². The zero-order chi connectivity index (χ0) is 85.0. The first kappa shape index (κ1) is 88.1. The second kappa shape index (κ2) is 41.6. The minimum absolute atomic E-state index is 0.0347. The van der Waals surface area contributed by atoms with Gasteiger partial charge in [0.25, 0.3) is 27.8 Å². The van der Waals surface area contributed by atoms with E-state index < -0.39 is 0 Å². The van der Waals surface area contributed by atoms with Crippen molar-refractivity contribution in [2.45, 2.75) is 118 Å². The third-order valence-corrected chi connectivity index (χ3v) is 20.5. The Kier molecular flexibility index (Phi) is 30.8. The van der Waals surface area contributed by atoms with Gasteiger partial charge in [0.1, 0.15) is 27.1 Å². The molecule has 0 aliphatic heterocycles. The van der Waals surface area contributed by atoms with Gasteiger partial charge in [0.2, 0.25) is 29.1 Å². The van der Waals surface area contributed by atoms with Crippen LogP contribution in [-0.4, -0.2) is 92.4 Å². The van der Waals surface area contributed by atoms with Crippen LogP contribution >= 0.6 is 81.2 Å². The highest BCUT2D eigenvalue weighted by Crippen LogP contribution is 2.29. The molecule has 9 aromatic heterocycles. The summed E-state index contributed by atoms with van der Waals surface area (Å²) in [5.41, 5.74) is 14.1. The molecule has 0 saturated heterocycles. The molecule has 616 valence electrons. The van der Waals surface area contributed by atoms with Crippen LogP contribution in [0.5, 0.6) is 0 Å². The summed E-state index contributed by atoms with van der Waals surface area (Å²) < 4.78 is 21.7. The Labute approximate surface area is 717 Å². The molecular formula is C86H84Cl7N17O9. The van der Waals surface area contributed by atoms with Gasteiger partial charge in [-0.1, -0.05) is 213 Å². The number of aromatic nitrogens is 14. The van der Waals surface area contributed by atoms with Crippen LogP contribution in [0.1, 0.15) is 116 Å². The van der Waals surface area contributed by atoms with E-state index in [0.29, 0.717) is 95.3 Å². The molecule has 6 aromatic carbocycles. The molecule has 15 rings (SSSR count). The van der Waals surface area contributed by atoms with Crippen molar-refractivity contribution in [3.8, 4) is 45.0 Å². The molecule has 0 spiro atoms. The van der Waals surface area contributed by atoms with Gasteiger partial charge in [0, 0.05) is 124 Å². The molecule has 0 atom stereocenters. The summed E-state index contributed by atoms with van der Waals surface area (Å²) in [6, 6.07) is 49.4. The van der Waals surface area contributed by atoms with Crippen molar-refractivity contribution in [2.75, 3.05) is 30.6 Å². The second-order valence-corrected chi connectivity index (χ2v) is 30.2. The lowest BCUT2D eigenvalue weighted by Crippen LogP contribution is -2.24. The van der Waals surface area contributed by atoms with E-state index in [1.807, 2.05) is 109 Å². The fraction of sp³-hybridized carbons (Fsp3) is 0.233. The lowest BCUT2D eigenvalue weighted by molar-refractivity contribution is 0.0592. The molecule has 26 nitrogen and oxygen atoms in total. The number of rotatable bonds is 24. The largest absolute Gasteiger partial charge is 0.465 e. The van der Waals surface area contributed by atoms with Crippen molar-refractivity contribution < 1.29 is 19.1 Å². The molecule has 0 amide bonds. The number of esters is 2. The summed E-state index contributed by atoms with van der Waals surface area (Å²) in [5.74, 6) is 2.94. The van der Waals surface area contributed by atoms with Gasteiger partial charge in [-0.25, -0.2) is 34.5 Å². The molecular weight excluding hydrogens is 1660 g/mol. The normalized spacial score (nSPS) is 11.0. The summed E-state index contributed by atoms with van der Waals surface area (Å²) in [7, 11) is 2.72. The highest BCUT2D eigenvalue weighted by atomic mass is 35.5. The summed E-state index contributed by atoms with van der Waals surface area (Å²) in [6.07, 6.45) is 16.5. The summed E-state index contributed by atoms with van der Waals surface area (Å²) in [6.45, 7) is 11.5. The third kappa shape index (κ3) is 22.8. The Morgan fingerprint density at radius 1 is 0.429 bits per heavy atom. The molecule has 6 N–H and O–H groups in total. The first-order valence-corrected chi connectivity index (χ1v) is 40.7. The minimum Gasteiger partial charge on any atom is -0.465 e. The summed E-state index contributed by atoms with van der Waals surface area (Å²) >= 11 is 41.2. The number of unbranched alkanes of at least 4 members (excludes halogenated alkanes) is 6. The fourth-order valence-electron chi connectivity index (χ4n) is 12.6. The van der Waals surface area contributed by atoms with E-state index in [1.165, 1.54) is 30.8 Å². The van der Waals surface area contributed by atoms with Crippen molar-refractivity contribution in [3.05, 3.63) is 310 Å². The van der Waals surface area contributed by atoms with Crippen molar-refractivity contribution in [3.63, 3.8) is 0 Å². The lowest BCUT2D eigenvalue weighted by atomic mass is 10.1. The van der Waals surface area contributed by atoms with E-state index in [1.54, 1.807) is 92.6 Å². The Bertz CT molecular complexity index is 6340. The van der Waals surface area contributed by atoms with Crippen LogP contribution in [-0.2, 0) is 42.2 Å². The van der Waals surface area contributed by atoms with E-state index in [0.717, 1.165) is 134 Å². The number of aryl methyl sites for hydroxylation is 3. The monoisotopic (exact) mass is 1740 g/mol. The van der Waals surface area contributed by atoms with Crippen molar-refractivity contribution in [2.24, 2.45) is 0 Å². The number of anilines is 3. The number of H-pyrrole nitrogens is 2. The van der Waals surface area contributed by atoms with E-state index >= 15 is 0 Å².